The highest BCUT2D eigenvalue weighted by molar-refractivity contribution is 8.00. The molecule has 39 heavy (non-hydrogen) atoms. The fraction of sp³-hybridized carbons (Fsp3) is 0.486. The Hall–Kier alpha value is -2.30. The molecule has 0 amide bonds. The van der Waals surface area contributed by atoms with Crippen molar-refractivity contribution in [3.63, 3.8) is 0 Å². The van der Waals surface area contributed by atoms with Gasteiger partial charge in [0.25, 0.3) is 0 Å². The Morgan fingerprint density at radius 1 is 0.897 bits per heavy atom. The maximum atomic E-state index is 14.8. The van der Waals surface area contributed by atoms with Crippen molar-refractivity contribution >= 4 is 17.6 Å². The number of nitrogens with zero attached hydrogens (tertiary/aromatic N) is 1. The molecule has 0 radical (unpaired) electrons. The first kappa shape index (κ1) is 28.2. The van der Waals surface area contributed by atoms with E-state index in [-0.39, 0.29) is 11.2 Å². The molecule has 1 aliphatic heterocycles. The number of benzene rings is 3. The first-order valence-corrected chi connectivity index (χ1v) is 15.8. The van der Waals surface area contributed by atoms with Gasteiger partial charge in [0.15, 0.2) is 0 Å². The van der Waals surface area contributed by atoms with Crippen LogP contribution in [0.2, 0.25) is 0 Å². The van der Waals surface area contributed by atoms with Gasteiger partial charge < -0.3 is 4.72 Å². The Bertz CT molecular complexity index is 1220. The van der Waals surface area contributed by atoms with E-state index in [4.69, 9.17) is 0 Å². The van der Waals surface area contributed by atoms with Crippen LogP contribution in [0.1, 0.15) is 87.1 Å². The van der Waals surface area contributed by atoms with Crippen LogP contribution in [0.4, 0.5) is 10.1 Å². The molecule has 1 fully saturated rings. The molecule has 1 heterocycles. The largest absolute Gasteiger partial charge is 0.323 e. The summed E-state index contributed by atoms with van der Waals surface area (Å²) in [4.78, 5) is 3.71. The van der Waals surface area contributed by atoms with E-state index in [0.29, 0.717) is 5.69 Å². The second-order valence-electron chi connectivity index (χ2n) is 12.7. The fourth-order valence-electron chi connectivity index (χ4n) is 6.11. The number of nitrogens with one attached hydrogen (secondary N) is 1. The SMILES string of the molecule is CC(C)(C)c1ccc(CCN2CCc3cc(SNc4ccc(CCCC5CCCC5)cc4F)ccc3C2)cc1. The van der Waals surface area contributed by atoms with Crippen molar-refractivity contribution in [3.05, 3.63) is 94.3 Å². The molecule has 1 saturated carbocycles. The van der Waals surface area contributed by atoms with Gasteiger partial charge in [-0.1, -0.05) is 89.3 Å². The quantitative estimate of drug-likeness (QED) is 0.256. The van der Waals surface area contributed by atoms with E-state index in [1.54, 1.807) is 6.07 Å². The molecule has 0 bridgehead atoms. The van der Waals surface area contributed by atoms with Gasteiger partial charge in [0.2, 0.25) is 0 Å². The lowest BCUT2D eigenvalue weighted by Crippen LogP contribution is -2.32. The minimum absolute atomic E-state index is 0.150. The van der Waals surface area contributed by atoms with Gasteiger partial charge in [-0.05, 0) is 101 Å². The Morgan fingerprint density at radius 3 is 2.41 bits per heavy atom. The van der Waals surface area contributed by atoms with Crippen LogP contribution in [0.3, 0.4) is 0 Å². The van der Waals surface area contributed by atoms with Crippen LogP contribution in [-0.2, 0) is 31.2 Å². The molecule has 1 N–H and O–H groups in total. The molecule has 3 aromatic rings. The van der Waals surface area contributed by atoms with Crippen LogP contribution < -0.4 is 4.72 Å². The van der Waals surface area contributed by atoms with Crippen molar-refractivity contribution in [1.29, 1.82) is 0 Å². The minimum Gasteiger partial charge on any atom is -0.323 e. The van der Waals surface area contributed by atoms with E-state index in [2.05, 4.69) is 78.9 Å². The molecular formula is C35H45FN2S. The van der Waals surface area contributed by atoms with E-state index in [1.165, 1.54) is 72.7 Å². The number of rotatable bonds is 10. The lowest BCUT2D eigenvalue weighted by molar-refractivity contribution is 0.257. The molecule has 208 valence electrons. The topological polar surface area (TPSA) is 15.3 Å². The summed E-state index contributed by atoms with van der Waals surface area (Å²) in [6, 6.07) is 21.6. The van der Waals surface area contributed by atoms with Crippen LogP contribution >= 0.6 is 11.9 Å². The van der Waals surface area contributed by atoms with Crippen LogP contribution in [0.15, 0.2) is 65.6 Å². The molecule has 0 spiro atoms. The Balaban J connectivity index is 1.08. The molecule has 0 unspecified atom stereocenters. The number of fused-ring (bicyclic) bond motifs is 1. The van der Waals surface area contributed by atoms with Crippen molar-refractivity contribution < 1.29 is 4.39 Å². The Kier molecular flexibility index (Phi) is 9.35. The molecule has 2 nitrogen and oxygen atoms in total. The van der Waals surface area contributed by atoms with Crippen molar-refractivity contribution in [2.24, 2.45) is 5.92 Å². The predicted molar refractivity (Wildman–Crippen MR) is 165 cm³/mol. The zero-order valence-electron chi connectivity index (χ0n) is 24.1. The van der Waals surface area contributed by atoms with Gasteiger partial charge in [0.05, 0.1) is 5.69 Å². The molecule has 0 atom stereocenters. The average Bonchev–Trinajstić information content (AvgIpc) is 3.45. The van der Waals surface area contributed by atoms with E-state index in [9.17, 15) is 4.39 Å². The predicted octanol–water partition coefficient (Wildman–Crippen LogP) is 9.36. The number of hydrogen-bond donors (Lipinski definition) is 1. The molecular weight excluding hydrogens is 499 g/mol. The Morgan fingerprint density at radius 2 is 1.67 bits per heavy atom. The van der Waals surface area contributed by atoms with Gasteiger partial charge in [-0.15, -0.1) is 0 Å². The Labute approximate surface area is 239 Å². The second-order valence-corrected chi connectivity index (χ2v) is 13.6. The standard InChI is InChI=1S/C35H45FN2S/c1-35(2,3)31-15-11-27(12-16-31)19-21-38-22-20-29-24-32(17-14-30(29)25-38)39-37-34-18-13-28(23-33(34)36)10-6-9-26-7-4-5-8-26/h11-18,23-24,26,37H,4-10,19-22,25H2,1-3H3. The number of halogens is 1. The summed E-state index contributed by atoms with van der Waals surface area (Å²) in [5.74, 6) is 0.755. The maximum absolute atomic E-state index is 14.8. The van der Waals surface area contributed by atoms with E-state index < -0.39 is 0 Å². The first-order valence-electron chi connectivity index (χ1n) is 15.0. The molecule has 0 aromatic heterocycles. The fourth-order valence-corrected chi connectivity index (χ4v) is 6.84. The first-order chi connectivity index (χ1) is 18.8. The highest BCUT2D eigenvalue weighted by Gasteiger charge is 2.18. The summed E-state index contributed by atoms with van der Waals surface area (Å²) in [5, 5.41) is 0. The maximum Gasteiger partial charge on any atom is 0.147 e. The number of aryl methyl sites for hydroxylation is 1. The van der Waals surface area contributed by atoms with Crippen molar-refractivity contribution in [2.75, 3.05) is 17.8 Å². The second kappa shape index (κ2) is 12.9. The van der Waals surface area contributed by atoms with Crippen molar-refractivity contribution in [3.8, 4) is 0 Å². The van der Waals surface area contributed by atoms with Crippen LogP contribution in [-0.4, -0.2) is 18.0 Å². The third kappa shape index (κ3) is 7.89. The summed E-state index contributed by atoms with van der Waals surface area (Å²) in [7, 11) is 0. The summed E-state index contributed by atoms with van der Waals surface area (Å²) in [6.45, 7) is 9.97. The summed E-state index contributed by atoms with van der Waals surface area (Å²) in [5.41, 5.74) is 7.53. The zero-order valence-corrected chi connectivity index (χ0v) is 24.9. The average molecular weight is 545 g/mol. The molecule has 2 aliphatic rings. The summed E-state index contributed by atoms with van der Waals surface area (Å²) < 4.78 is 18.0. The lowest BCUT2D eigenvalue weighted by Gasteiger charge is -2.29. The van der Waals surface area contributed by atoms with E-state index in [1.807, 2.05) is 6.07 Å². The third-order valence-corrected chi connectivity index (χ3v) is 9.48. The lowest BCUT2D eigenvalue weighted by atomic mass is 9.86. The van der Waals surface area contributed by atoms with Gasteiger partial charge in [-0.2, -0.15) is 0 Å². The van der Waals surface area contributed by atoms with Gasteiger partial charge in [-0.25, -0.2) is 4.39 Å². The monoisotopic (exact) mass is 544 g/mol. The van der Waals surface area contributed by atoms with Crippen LogP contribution in [0.5, 0.6) is 0 Å². The van der Waals surface area contributed by atoms with E-state index in [0.717, 1.165) is 55.3 Å². The summed E-state index contributed by atoms with van der Waals surface area (Å²) >= 11 is 1.51. The highest BCUT2D eigenvalue weighted by atomic mass is 32.2. The normalized spacial score (nSPS) is 16.4. The summed E-state index contributed by atoms with van der Waals surface area (Å²) in [6.07, 6.45) is 11.2. The molecule has 1 aliphatic carbocycles. The van der Waals surface area contributed by atoms with Crippen LogP contribution in [0.25, 0.3) is 0 Å². The molecule has 3 aromatic carbocycles. The number of hydrogen-bond acceptors (Lipinski definition) is 3. The van der Waals surface area contributed by atoms with Gasteiger partial charge in [-0.3, -0.25) is 4.90 Å². The van der Waals surface area contributed by atoms with Gasteiger partial charge >= 0.3 is 0 Å². The van der Waals surface area contributed by atoms with Gasteiger partial charge in [0.1, 0.15) is 5.82 Å². The van der Waals surface area contributed by atoms with E-state index >= 15 is 0 Å². The van der Waals surface area contributed by atoms with Crippen molar-refractivity contribution in [2.45, 2.75) is 95.4 Å². The van der Waals surface area contributed by atoms with Gasteiger partial charge in [0, 0.05) is 24.5 Å². The molecule has 0 saturated heterocycles. The molecule has 4 heteroatoms. The molecule has 5 rings (SSSR count). The third-order valence-electron chi connectivity index (χ3n) is 8.67. The number of anilines is 1. The minimum atomic E-state index is -0.150. The smallest absolute Gasteiger partial charge is 0.147 e. The van der Waals surface area contributed by atoms with Crippen LogP contribution in [0, 0.1) is 11.7 Å². The highest BCUT2D eigenvalue weighted by Crippen LogP contribution is 2.31. The zero-order chi connectivity index (χ0) is 27.2. The van der Waals surface area contributed by atoms with Crippen molar-refractivity contribution in [1.82, 2.24) is 4.90 Å².